The third-order valence-corrected chi connectivity index (χ3v) is 4.14. The molecular weight excluding hydrogens is 319 g/mol. The van der Waals surface area contributed by atoms with E-state index in [1.165, 1.54) is 23.3 Å². The number of halogens is 2. The van der Waals surface area contributed by atoms with Crippen LogP contribution in [0.25, 0.3) is 0 Å². The van der Waals surface area contributed by atoms with Crippen molar-refractivity contribution >= 4 is 23.4 Å². The summed E-state index contributed by atoms with van der Waals surface area (Å²) in [7, 11) is 0. The number of carbonyl (C=O) groups excluding carboxylic acids is 2. The van der Waals surface area contributed by atoms with E-state index in [2.05, 4.69) is 0 Å². The molecular formula is C18H14ClFO3. The normalized spacial score (nSPS) is 12.8. The fraction of sp³-hybridized carbons (Fsp3) is 0.222. The maximum Gasteiger partial charge on any atom is 0.341 e. The summed E-state index contributed by atoms with van der Waals surface area (Å²) in [6.45, 7) is -0.427. The van der Waals surface area contributed by atoms with E-state index in [1.807, 2.05) is 12.1 Å². The zero-order valence-corrected chi connectivity index (χ0v) is 13.0. The zero-order valence-electron chi connectivity index (χ0n) is 12.3. The molecule has 0 radical (unpaired) electrons. The van der Waals surface area contributed by atoms with Crippen LogP contribution in [0.5, 0.6) is 0 Å². The summed E-state index contributed by atoms with van der Waals surface area (Å²) >= 11 is 5.73. The predicted molar refractivity (Wildman–Crippen MR) is 84.5 cm³/mol. The lowest BCUT2D eigenvalue weighted by molar-refractivity contribution is 0.0470. The van der Waals surface area contributed by atoms with Crippen molar-refractivity contribution in [2.24, 2.45) is 0 Å². The second-order valence-corrected chi connectivity index (χ2v) is 5.90. The minimum atomic E-state index is -0.903. The number of hydrogen-bond donors (Lipinski definition) is 0. The molecule has 3 rings (SSSR count). The Morgan fingerprint density at radius 1 is 1.09 bits per heavy atom. The van der Waals surface area contributed by atoms with Crippen molar-refractivity contribution in [3.8, 4) is 0 Å². The number of ketones is 1. The topological polar surface area (TPSA) is 43.4 Å². The number of benzene rings is 2. The molecule has 0 saturated heterocycles. The number of hydrogen-bond acceptors (Lipinski definition) is 3. The third-order valence-electron chi connectivity index (χ3n) is 3.90. The van der Waals surface area contributed by atoms with Crippen molar-refractivity contribution < 1.29 is 18.7 Å². The molecule has 0 saturated carbocycles. The van der Waals surface area contributed by atoms with Crippen molar-refractivity contribution in [2.45, 2.75) is 19.3 Å². The predicted octanol–water partition coefficient (Wildman–Crippen LogP) is 4.01. The smallest absolute Gasteiger partial charge is 0.341 e. The highest BCUT2D eigenvalue weighted by molar-refractivity contribution is 6.30. The average molecular weight is 333 g/mol. The SMILES string of the molecule is O=C(COC(=O)c1cc(Cl)ccc1F)c1ccc2c(c1)CCC2. The molecule has 0 aromatic heterocycles. The van der Waals surface area contributed by atoms with Gasteiger partial charge in [0.2, 0.25) is 0 Å². The third kappa shape index (κ3) is 3.42. The van der Waals surface area contributed by atoms with E-state index >= 15 is 0 Å². The fourth-order valence-corrected chi connectivity index (χ4v) is 2.86. The maximum absolute atomic E-state index is 13.6. The van der Waals surface area contributed by atoms with Crippen LogP contribution in [0.1, 0.15) is 38.3 Å². The molecule has 0 fully saturated rings. The van der Waals surface area contributed by atoms with Gasteiger partial charge in [-0.2, -0.15) is 0 Å². The van der Waals surface area contributed by atoms with Crippen molar-refractivity contribution in [3.63, 3.8) is 0 Å². The number of rotatable bonds is 4. The Labute approximate surface area is 138 Å². The Morgan fingerprint density at radius 3 is 2.70 bits per heavy atom. The number of Topliss-reactive ketones (excluding diaryl/α,β-unsaturated/α-hetero) is 1. The highest BCUT2D eigenvalue weighted by atomic mass is 35.5. The molecule has 118 valence electrons. The standard InChI is InChI=1S/C18H14ClFO3/c19-14-6-7-16(20)15(9-14)18(22)23-10-17(21)13-5-4-11-2-1-3-12(11)8-13/h4-9H,1-3,10H2. The van der Waals surface area contributed by atoms with E-state index < -0.39 is 18.4 Å². The van der Waals surface area contributed by atoms with Gasteiger partial charge in [-0.1, -0.05) is 23.7 Å². The van der Waals surface area contributed by atoms with E-state index in [0.717, 1.165) is 25.3 Å². The van der Waals surface area contributed by atoms with Gasteiger partial charge in [0.25, 0.3) is 0 Å². The Balaban J connectivity index is 1.67. The molecule has 0 heterocycles. The van der Waals surface area contributed by atoms with Crippen LogP contribution in [0.15, 0.2) is 36.4 Å². The molecule has 0 bridgehead atoms. The van der Waals surface area contributed by atoms with Crippen molar-refractivity contribution in [2.75, 3.05) is 6.61 Å². The van der Waals surface area contributed by atoms with Crippen LogP contribution in [-0.4, -0.2) is 18.4 Å². The van der Waals surface area contributed by atoms with Gasteiger partial charge in [0.05, 0.1) is 5.56 Å². The Hall–Kier alpha value is -2.20. The van der Waals surface area contributed by atoms with Gasteiger partial charge < -0.3 is 4.74 Å². The number of carbonyl (C=O) groups is 2. The van der Waals surface area contributed by atoms with E-state index in [0.29, 0.717) is 5.56 Å². The van der Waals surface area contributed by atoms with Crippen LogP contribution < -0.4 is 0 Å². The highest BCUT2D eigenvalue weighted by Gasteiger charge is 2.18. The van der Waals surface area contributed by atoms with E-state index in [-0.39, 0.29) is 16.4 Å². The monoisotopic (exact) mass is 332 g/mol. The summed E-state index contributed by atoms with van der Waals surface area (Å²) in [4.78, 5) is 24.0. The lowest BCUT2D eigenvalue weighted by Crippen LogP contribution is -2.15. The van der Waals surface area contributed by atoms with E-state index in [4.69, 9.17) is 16.3 Å². The van der Waals surface area contributed by atoms with Crippen molar-refractivity contribution in [3.05, 3.63) is 69.5 Å². The summed E-state index contributed by atoms with van der Waals surface area (Å²) in [5.74, 6) is -1.95. The molecule has 0 aliphatic heterocycles. The molecule has 3 nitrogen and oxygen atoms in total. The summed E-state index contributed by atoms with van der Waals surface area (Å²) < 4.78 is 18.5. The maximum atomic E-state index is 13.6. The van der Waals surface area contributed by atoms with Gasteiger partial charge in [0, 0.05) is 10.6 Å². The van der Waals surface area contributed by atoms with Gasteiger partial charge >= 0.3 is 5.97 Å². The van der Waals surface area contributed by atoms with E-state index in [1.54, 1.807) is 6.07 Å². The highest BCUT2D eigenvalue weighted by Crippen LogP contribution is 2.23. The second-order valence-electron chi connectivity index (χ2n) is 5.46. The number of fused-ring (bicyclic) bond motifs is 1. The van der Waals surface area contributed by atoms with Crippen LogP contribution in [0, 0.1) is 5.82 Å². The van der Waals surface area contributed by atoms with Gasteiger partial charge in [-0.25, -0.2) is 9.18 Å². The minimum absolute atomic E-state index is 0.225. The van der Waals surface area contributed by atoms with Crippen LogP contribution in [0.2, 0.25) is 5.02 Å². The summed E-state index contributed by atoms with van der Waals surface area (Å²) in [5.41, 5.74) is 2.66. The second kappa shape index (κ2) is 6.50. The lowest BCUT2D eigenvalue weighted by Gasteiger charge is -2.07. The Kier molecular flexibility index (Phi) is 4.44. The molecule has 2 aromatic rings. The minimum Gasteiger partial charge on any atom is -0.454 e. The molecule has 1 aliphatic carbocycles. The van der Waals surface area contributed by atoms with Gasteiger partial charge in [0.15, 0.2) is 12.4 Å². The first-order valence-corrected chi connectivity index (χ1v) is 7.69. The molecule has 0 amide bonds. The van der Waals surface area contributed by atoms with Gasteiger partial charge in [0.1, 0.15) is 5.82 Å². The Morgan fingerprint density at radius 2 is 1.87 bits per heavy atom. The van der Waals surface area contributed by atoms with Crippen LogP contribution >= 0.6 is 11.6 Å². The van der Waals surface area contributed by atoms with Gasteiger partial charge in [-0.15, -0.1) is 0 Å². The molecule has 2 aromatic carbocycles. The number of esters is 1. The van der Waals surface area contributed by atoms with E-state index in [9.17, 15) is 14.0 Å². The van der Waals surface area contributed by atoms with Crippen LogP contribution in [0.3, 0.4) is 0 Å². The quantitative estimate of drug-likeness (QED) is 0.627. The Bertz CT molecular complexity index is 786. The molecule has 23 heavy (non-hydrogen) atoms. The van der Waals surface area contributed by atoms with Gasteiger partial charge in [-0.05, 0) is 54.7 Å². The summed E-state index contributed by atoms with van der Waals surface area (Å²) in [6, 6.07) is 9.12. The van der Waals surface area contributed by atoms with Gasteiger partial charge in [-0.3, -0.25) is 4.79 Å². The first kappa shape index (κ1) is 15.7. The summed E-state index contributed by atoms with van der Waals surface area (Å²) in [5, 5.41) is 0.225. The molecule has 1 aliphatic rings. The molecule has 0 N–H and O–H groups in total. The van der Waals surface area contributed by atoms with Crippen molar-refractivity contribution in [1.29, 1.82) is 0 Å². The number of aryl methyl sites for hydroxylation is 2. The van der Waals surface area contributed by atoms with Crippen LogP contribution in [-0.2, 0) is 17.6 Å². The molecule has 5 heteroatoms. The lowest BCUT2D eigenvalue weighted by atomic mass is 10.0. The fourth-order valence-electron chi connectivity index (χ4n) is 2.69. The summed E-state index contributed by atoms with van der Waals surface area (Å²) in [6.07, 6.45) is 3.09. The molecule has 0 unspecified atom stereocenters. The largest absolute Gasteiger partial charge is 0.454 e. The van der Waals surface area contributed by atoms with Crippen LogP contribution in [0.4, 0.5) is 4.39 Å². The number of ether oxygens (including phenoxy) is 1. The first-order chi connectivity index (χ1) is 11.0. The van der Waals surface area contributed by atoms with Crippen molar-refractivity contribution in [1.82, 2.24) is 0 Å². The molecule has 0 spiro atoms. The zero-order chi connectivity index (χ0) is 16.4. The molecule has 0 atom stereocenters. The first-order valence-electron chi connectivity index (χ1n) is 7.32. The average Bonchev–Trinajstić information content (AvgIpc) is 3.02.